The van der Waals surface area contributed by atoms with Crippen molar-refractivity contribution < 1.29 is 19.1 Å². The molecule has 38 heavy (non-hydrogen) atoms. The lowest BCUT2D eigenvalue weighted by Crippen LogP contribution is -2.21. The number of carbonyl (C=O) groups is 2. The summed E-state index contributed by atoms with van der Waals surface area (Å²) in [6.07, 6.45) is 0. The van der Waals surface area contributed by atoms with E-state index in [0.29, 0.717) is 28.4 Å². The lowest BCUT2D eigenvalue weighted by Gasteiger charge is -2.11. The van der Waals surface area contributed by atoms with Gasteiger partial charge in [0.2, 0.25) is 11.7 Å². The van der Waals surface area contributed by atoms with Gasteiger partial charge in [0.25, 0.3) is 5.91 Å². The third kappa shape index (κ3) is 5.76. The summed E-state index contributed by atoms with van der Waals surface area (Å²) < 4.78 is 10.9. The quantitative estimate of drug-likeness (QED) is 0.307. The Bertz CT molecular complexity index is 1580. The number of aromatic nitrogens is 4. The van der Waals surface area contributed by atoms with Crippen LogP contribution >= 0.6 is 0 Å². The lowest BCUT2D eigenvalue weighted by molar-refractivity contribution is -0.118. The number of hydrogen-bond donors (Lipinski definition) is 2. The third-order valence-electron chi connectivity index (χ3n) is 5.66. The first-order valence-corrected chi connectivity index (χ1v) is 11.8. The number of fused-ring (bicyclic) bond motifs is 1. The second-order valence-electron chi connectivity index (χ2n) is 8.28. The summed E-state index contributed by atoms with van der Waals surface area (Å²) in [5, 5.41) is 20.0. The fourth-order valence-corrected chi connectivity index (χ4v) is 3.86. The maximum atomic E-state index is 12.7. The number of methoxy groups -OCH3 is 1. The highest BCUT2D eigenvalue weighted by molar-refractivity contribution is 5.96. The maximum Gasteiger partial charge on any atom is 0.262 e. The number of amides is 2. The number of carbonyl (C=O) groups excluding carboxylic acids is 2. The molecule has 4 aromatic carbocycles. The van der Waals surface area contributed by atoms with Gasteiger partial charge >= 0.3 is 0 Å². The average Bonchev–Trinajstić information content (AvgIpc) is 3.40. The van der Waals surface area contributed by atoms with Crippen molar-refractivity contribution in [1.29, 1.82) is 0 Å². The SMILES string of the molecule is COc1ccc(NC(=O)Cn2nnc(-c3ccccc3NC(=O)COc3cccc4ccccc34)n2)cc1. The van der Waals surface area contributed by atoms with Crippen molar-refractivity contribution >= 4 is 34.0 Å². The molecule has 190 valence electrons. The van der Waals surface area contributed by atoms with Crippen molar-refractivity contribution in [2.75, 3.05) is 24.4 Å². The Labute approximate surface area is 218 Å². The Morgan fingerprint density at radius 3 is 2.45 bits per heavy atom. The Balaban J connectivity index is 1.22. The molecule has 5 rings (SSSR count). The van der Waals surface area contributed by atoms with Crippen LogP contribution in [0.15, 0.2) is 91.0 Å². The van der Waals surface area contributed by atoms with Gasteiger partial charge < -0.3 is 20.1 Å². The van der Waals surface area contributed by atoms with E-state index in [1.807, 2.05) is 42.5 Å². The summed E-state index contributed by atoms with van der Waals surface area (Å²) in [4.78, 5) is 26.3. The van der Waals surface area contributed by atoms with E-state index < -0.39 is 0 Å². The van der Waals surface area contributed by atoms with Crippen LogP contribution in [0.25, 0.3) is 22.2 Å². The van der Waals surface area contributed by atoms with Crippen LogP contribution in [0.2, 0.25) is 0 Å². The molecule has 0 saturated carbocycles. The van der Waals surface area contributed by atoms with Gasteiger partial charge in [-0.25, -0.2) is 0 Å². The number of para-hydroxylation sites is 1. The van der Waals surface area contributed by atoms with Gasteiger partial charge in [0.15, 0.2) is 6.61 Å². The number of ether oxygens (including phenoxy) is 2. The Morgan fingerprint density at radius 1 is 0.842 bits per heavy atom. The molecule has 0 spiro atoms. The summed E-state index contributed by atoms with van der Waals surface area (Å²) >= 11 is 0. The summed E-state index contributed by atoms with van der Waals surface area (Å²) in [5.74, 6) is 0.941. The molecular formula is C28H24N6O4. The molecule has 2 N–H and O–H groups in total. The van der Waals surface area contributed by atoms with E-state index >= 15 is 0 Å². The molecule has 5 aromatic rings. The molecule has 0 radical (unpaired) electrons. The molecule has 10 nitrogen and oxygen atoms in total. The van der Waals surface area contributed by atoms with Gasteiger partial charge in [-0.05, 0) is 53.1 Å². The van der Waals surface area contributed by atoms with Crippen LogP contribution in [0.5, 0.6) is 11.5 Å². The van der Waals surface area contributed by atoms with Crippen molar-refractivity contribution in [3.05, 3.63) is 91.0 Å². The smallest absolute Gasteiger partial charge is 0.262 e. The minimum atomic E-state index is -0.336. The number of rotatable bonds is 9. The van der Waals surface area contributed by atoms with Crippen LogP contribution in [-0.2, 0) is 16.1 Å². The normalized spacial score (nSPS) is 10.7. The molecule has 10 heteroatoms. The minimum Gasteiger partial charge on any atom is -0.497 e. The first kappa shape index (κ1) is 24.4. The standard InChI is InChI=1S/C28H24N6O4/c1-37-21-15-13-20(14-16-21)29-26(35)17-34-32-28(31-33-34)23-10-4-5-11-24(23)30-27(36)18-38-25-12-6-8-19-7-2-3-9-22(19)25/h2-16H,17-18H2,1H3,(H,29,35)(H,30,36). The molecule has 0 aliphatic carbocycles. The number of nitrogens with zero attached hydrogens (tertiary/aromatic N) is 4. The zero-order valence-electron chi connectivity index (χ0n) is 20.5. The number of benzene rings is 4. The average molecular weight is 509 g/mol. The van der Waals surface area contributed by atoms with Crippen LogP contribution < -0.4 is 20.1 Å². The van der Waals surface area contributed by atoms with Gasteiger partial charge in [0.1, 0.15) is 18.0 Å². The number of anilines is 2. The van der Waals surface area contributed by atoms with Gasteiger partial charge in [-0.2, -0.15) is 4.80 Å². The first-order chi connectivity index (χ1) is 18.6. The third-order valence-corrected chi connectivity index (χ3v) is 5.66. The van der Waals surface area contributed by atoms with Crippen molar-refractivity contribution in [2.45, 2.75) is 6.54 Å². The Hall–Kier alpha value is -5.25. The summed E-state index contributed by atoms with van der Waals surface area (Å²) in [5.41, 5.74) is 1.68. The van der Waals surface area contributed by atoms with E-state index in [0.717, 1.165) is 10.8 Å². The zero-order valence-corrected chi connectivity index (χ0v) is 20.5. The van der Waals surface area contributed by atoms with Crippen LogP contribution in [0, 0.1) is 0 Å². The van der Waals surface area contributed by atoms with Gasteiger partial charge in [-0.15, -0.1) is 10.2 Å². The van der Waals surface area contributed by atoms with Crippen molar-refractivity contribution in [2.24, 2.45) is 0 Å². The predicted octanol–water partition coefficient (Wildman–Crippen LogP) is 4.16. The molecule has 0 aliphatic rings. The second-order valence-corrected chi connectivity index (χ2v) is 8.28. The lowest BCUT2D eigenvalue weighted by atomic mass is 10.1. The van der Waals surface area contributed by atoms with Crippen LogP contribution in [0.1, 0.15) is 0 Å². The summed E-state index contributed by atoms with van der Waals surface area (Å²) in [7, 11) is 1.57. The predicted molar refractivity (Wildman–Crippen MR) is 143 cm³/mol. The van der Waals surface area contributed by atoms with Crippen LogP contribution in [0.3, 0.4) is 0 Å². The fourth-order valence-electron chi connectivity index (χ4n) is 3.86. The fraction of sp³-hybridized carbons (Fsp3) is 0.107. The highest BCUT2D eigenvalue weighted by atomic mass is 16.5. The minimum absolute atomic E-state index is 0.133. The van der Waals surface area contributed by atoms with E-state index in [2.05, 4.69) is 26.0 Å². The van der Waals surface area contributed by atoms with Crippen molar-refractivity contribution in [3.63, 3.8) is 0 Å². The molecule has 0 bridgehead atoms. The second kappa shape index (κ2) is 11.2. The highest BCUT2D eigenvalue weighted by Gasteiger charge is 2.15. The molecular weight excluding hydrogens is 484 g/mol. The van der Waals surface area contributed by atoms with E-state index in [1.165, 1.54) is 4.80 Å². The maximum absolute atomic E-state index is 12.7. The van der Waals surface area contributed by atoms with Crippen molar-refractivity contribution in [1.82, 2.24) is 20.2 Å². The number of hydrogen-bond acceptors (Lipinski definition) is 7. The van der Waals surface area contributed by atoms with E-state index in [1.54, 1.807) is 55.6 Å². The van der Waals surface area contributed by atoms with Gasteiger partial charge in [-0.1, -0.05) is 48.5 Å². The van der Waals surface area contributed by atoms with E-state index in [4.69, 9.17) is 9.47 Å². The molecule has 0 aliphatic heterocycles. The highest BCUT2D eigenvalue weighted by Crippen LogP contribution is 2.26. The van der Waals surface area contributed by atoms with Crippen molar-refractivity contribution in [3.8, 4) is 22.9 Å². The largest absolute Gasteiger partial charge is 0.497 e. The van der Waals surface area contributed by atoms with Gasteiger partial charge in [0, 0.05) is 16.6 Å². The van der Waals surface area contributed by atoms with Gasteiger partial charge in [0.05, 0.1) is 12.8 Å². The number of tetrazole rings is 1. The molecule has 0 fully saturated rings. The van der Waals surface area contributed by atoms with Gasteiger partial charge in [-0.3, -0.25) is 9.59 Å². The molecule has 0 unspecified atom stereocenters. The molecule has 0 saturated heterocycles. The monoisotopic (exact) mass is 508 g/mol. The summed E-state index contributed by atoms with van der Waals surface area (Å²) in [6.45, 7) is -0.305. The summed E-state index contributed by atoms with van der Waals surface area (Å²) in [6, 6.07) is 27.6. The zero-order chi connectivity index (χ0) is 26.3. The number of nitrogens with one attached hydrogen (secondary N) is 2. The topological polar surface area (TPSA) is 120 Å². The Kier molecular flexibility index (Phi) is 7.21. The van der Waals surface area contributed by atoms with Crippen LogP contribution in [0.4, 0.5) is 11.4 Å². The van der Waals surface area contributed by atoms with Crippen LogP contribution in [-0.4, -0.2) is 45.7 Å². The molecule has 2 amide bonds. The molecule has 1 aromatic heterocycles. The van der Waals surface area contributed by atoms with E-state index in [9.17, 15) is 9.59 Å². The first-order valence-electron chi connectivity index (χ1n) is 11.8. The van der Waals surface area contributed by atoms with E-state index in [-0.39, 0.29) is 30.8 Å². The molecule has 0 atom stereocenters. The Morgan fingerprint density at radius 2 is 1.61 bits per heavy atom. The molecule has 1 heterocycles.